The fraction of sp³-hybridized carbons (Fsp3) is 0.625. The van der Waals surface area contributed by atoms with Crippen LogP contribution in [0.2, 0.25) is 0 Å². The second kappa shape index (κ2) is 4.89. The first-order valence-electron chi connectivity index (χ1n) is 3.23. The fourth-order valence-electron chi connectivity index (χ4n) is 0.486. The molecule has 0 aromatic rings. The van der Waals surface area contributed by atoms with Crippen molar-refractivity contribution in [2.75, 3.05) is 0 Å². The second-order valence-electron chi connectivity index (χ2n) is 2.31. The predicted octanol–water partition coefficient (Wildman–Crippen LogP) is 2.81. The molecular formula is C8H15. The molecule has 0 nitrogen and oxygen atoms in total. The van der Waals surface area contributed by atoms with E-state index in [4.69, 9.17) is 0 Å². The Kier molecular flexibility index (Phi) is 4.73. The third-order valence-electron chi connectivity index (χ3n) is 0.892. The Balaban J connectivity index is 3.07. The normalized spacial score (nSPS) is 11.5. The Morgan fingerprint density at radius 3 is 2.50 bits per heavy atom. The van der Waals surface area contributed by atoms with Crippen molar-refractivity contribution >= 4 is 0 Å². The quantitative estimate of drug-likeness (QED) is 0.491. The van der Waals surface area contributed by atoms with Crippen LogP contribution in [-0.2, 0) is 0 Å². The van der Waals surface area contributed by atoms with Gasteiger partial charge in [-0.3, -0.25) is 0 Å². The van der Waals surface area contributed by atoms with Crippen LogP contribution in [0.25, 0.3) is 0 Å². The van der Waals surface area contributed by atoms with Gasteiger partial charge in [0.25, 0.3) is 0 Å². The van der Waals surface area contributed by atoms with Crippen molar-refractivity contribution < 1.29 is 0 Å². The van der Waals surface area contributed by atoms with Gasteiger partial charge in [-0.25, -0.2) is 0 Å². The highest BCUT2D eigenvalue weighted by Crippen LogP contribution is 1.96. The molecule has 0 spiro atoms. The third kappa shape index (κ3) is 5.74. The van der Waals surface area contributed by atoms with Crippen LogP contribution >= 0.6 is 0 Å². The van der Waals surface area contributed by atoms with Gasteiger partial charge in [-0.05, 0) is 18.8 Å². The van der Waals surface area contributed by atoms with Crippen molar-refractivity contribution in [3.8, 4) is 0 Å². The van der Waals surface area contributed by atoms with Gasteiger partial charge in [0, 0.05) is 0 Å². The van der Waals surface area contributed by atoms with Crippen molar-refractivity contribution in [3.63, 3.8) is 0 Å². The SMILES string of the molecule is [CH2]CCC=CC(C)C. The van der Waals surface area contributed by atoms with Crippen molar-refractivity contribution in [1.29, 1.82) is 0 Å². The highest BCUT2D eigenvalue weighted by molar-refractivity contribution is 4.84. The number of allylic oxidation sites excluding steroid dienone is 2. The maximum atomic E-state index is 3.73. The first-order valence-corrected chi connectivity index (χ1v) is 3.23. The van der Waals surface area contributed by atoms with E-state index in [1.807, 2.05) is 0 Å². The standard InChI is InChI=1S/C8H15/c1-4-5-6-7-8(2)3/h6-8H,1,4-5H2,2-3H3. The number of hydrogen-bond acceptors (Lipinski definition) is 0. The molecule has 0 aliphatic rings. The predicted molar refractivity (Wildman–Crippen MR) is 38.6 cm³/mol. The lowest BCUT2D eigenvalue weighted by Gasteiger charge is -1.90. The van der Waals surface area contributed by atoms with E-state index >= 15 is 0 Å². The molecule has 0 heterocycles. The van der Waals surface area contributed by atoms with Gasteiger partial charge >= 0.3 is 0 Å². The molecule has 47 valence electrons. The maximum Gasteiger partial charge on any atom is -0.0290 e. The summed E-state index contributed by atoms with van der Waals surface area (Å²) in [6, 6.07) is 0. The Labute approximate surface area is 52.6 Å². The summed E-state index contributed by atoms with van der Waals surface area (Å²) in [6.45, 7) is 8.09. The van der Waals surface area contributed by atoms with Crippen molar-refractivity contribution in [2.24, 2.45) is 5.92 Å². The van der Waals surface area contributed by atoms with Gasteiger partial charge in [0.2, 0.25) is 0 Å². The molecule has 0 aliphatic heterocycles. The van der Waals surface area contributed by atoms with Crippen LogP contribution < -0.4 is 0 Å². The van der Waals surface area contributed by atoms with Crippen LogP contribution in [0.1, 0.15) is 26.7 Å². The topological polar surface area (TPSA) is 0 Å². The van der Waals surface area contributed by atoms with Gasteiger partial charge < -0.3 is 0 Å². The molecule has 0 saturated carbocycles. The Morgan fingerprint density at radius 1 is 1.50 bits per heavy atom. The van der Waals surface area contributed by atoms with E-state index in [2.05, 4.69) is 32.9 Å². The minimum atomic E-state index is 0.696. The molecule has 0 heteroatoms. The maximum absolute atomic E-state index is 3.73. The second-order valence-corrected chi connectivity index (χ2v) is 2.31. The van der Waals surface area contributed by atoms with Crippen LogP contribution in [0.15, 0.2) is 12.2 Å². The van der Waals surface area contributed by atoms with Gasteiger partial charge in [0.15, 0.2) is 0 Å². The lowest BCUT2D eigenvalue weighted by molar-refractivity contribution is 0.823. The van der Waals surface area contributed by atoms with Crippen LogP contribution in [0.5, 0.6) is 0 Å². The lowest BCUT2D eigenvalue weighted by atomic mass is 10.2. The summed E-state index contributed by atoms with van der Waals surface area (Å²) in [4.78, 5) is 0. The summed E-state index contributed by atoms with van der Waals surface area (Å²) in [5.41, 5.74) is 0. The smallest absolute Gasteiger partial charge is 0.0290 e. The number of hydrogen-bond donors (Lipinski definition) is 0. The molecule has 8 heavy (non-hydrogen) atoms. The Hall–Kier alpha value is -0.260. The molecule has 0 aliphatic carbocycles. The summed E-state index contributed by atoms with van der Waals surface area (Å²) in [6.07, 6.45) is 6.55. The highest BCUT2D eigenvalue weighted by Gasteiger charge is 1.80. The summed E-state index contributed by atoms with van der Waals surface area (Å²) in [5.74, 6) is 0.696. The first-order chi connectivity index (χ1) is 3.77. The number of rotatable bonds is 3. The van der Waals surface area contributed by atoms with E-state index in [-0.39, 0.29) is 0 Å². The third-order valence-corrected chi connectivity index (χ3v) is 0.892. The summed E-state index contributed by atoms with van der Waals surface area (Å²) in [5, 5.41) is 0. The zero-order chi connectivity index (χ0) is 6.41. The van der Waals surface area contributed by atoms with E-state index in [1.165, 1.54) is 0 Å². The molecular weight excluding hydrogens is 96.1 g/mol. The fourth-order valence-corrected chi connectivity index (χ4v) is 0.486. The van der Waals surface area contributed by atoms with E-state index in [0.29, 0.717) is 5.92 Å². The van der Waals surface area contributed by atoms with Gasteiger partial charge in [0.05, 0.1) is 0 Å². The Bertz CT molecular complexity index is 60.4. The monoisotopic (exact) mass is 111 g/mol. The van der Waals surface area contributed by atoms with Crippen molar-refractivity contribution in [3.05, 3.63) is 19.1 Å². The molecule has 0 unspecified atom stereocenters. The number of unbranched alkanes of at least 4 members (excludes halogenated alkanes) is 1. The summed E-state index contributed by atoms with van der Waals surface area (Å²) < 4.78 is 0. The summed E-state index contributed by atoms with van der Waals surface area (Å²) >= 11 is 0. The zero-order valence-electron chi connectivity index (χ0n) is 5.85. The molecule has 0 aromatic carbocycles. The molecule has 0 N–H and O–H groups in total. The van der Waals surface area contributed by atoms with Gasteiger partial charge in [-0.15, -0.1) is 0 Å². The van der Waals surface area contributed by atoms with Crippen molar-refractivity contribution in [1.82, 2.24) is 0 Å². The van der Waals surface area contributed by atoms with Gasteiger partial charge in [-0.2, -0.15) is 0 Å². The van der Waals surface area contributed by atoms with Gasteiger partial charge in [-0.1, -0.05) is 32.9 Å². The zero-order valence-corrected chi connectivity index (χ0v) is 5.85. The van der Waals surface area contributed by atoms with E-state index < -0.39 is 0 Å². The minimum absolute atomic E-state index is 0.696. The lowest BCUT2D eigenvalue weighted by Crippen LogP contribution is -1.75. The van der Waals surface area contributed by atoms with E-state index in [1.54, 1.807) is 0 Å². The minimum Gasteiger partial charge on any atom is -0.0883 e. The molecule has 0 fully saturated rings. The summed E-state index contributed by atoms with van der Waals surface area (Å²) in [7, 11) is 0. The largest absolute Gasteiger partial charge is 0.0883 e. The molecule has 0 aromatic heterocycles. The molecule has 0 rings (SSSR count). The van der Waals surface area contributed by atoms with Crippen LogP contribution in [0, 0.1) is 12.8 Å². The molecule has 0 bridgehead atoms. The van der Waals surface area contributed by atoms with Crippen LogP contribution in [0.3, 0.4) is 0 Å². The molecule has 0 amide bonds. The average Bonchev–Trinajstić information content (AvgIpc) is 1.66. The first kappa shape index (κ1) is 7.74. The van der Waals surface area contributed by atoms with E-state index in [0.717, 1.165) is 12.8 Å². The van der Waals surface area contributed by atoms with E-state index in [9.17, 15) is 0 Å². The Morgan fingerprint density at radius 2 is 2.12 bits per heavy atom. The van der Waals surface area contributed by atoms with Crippen LogP contribution in [-0.4, -0.2) is 0 Å². The van der Waals surface area contributed by atoms with Crippen molar-refractivity contribution in [2.45, 2.75) is 26.7 Å². The molecule has 1 radical (unpaired) electrons. The van der Waals surface area contributed by atoms with Crippen LogP contribution in [0.4, 0.5) is 0 Å². The van der Waals surface area contributed by atoms with Gasteiger partial charge in [0.1, 0.15) is 0 Å². The average molecular weight is 111 g/mol. The highest BCUT2D eigenvalue weighted by atomic mass is 13.9. The molecule has 0 atom stereocenters. The molecule has 0 saturated heterocycles.